The summed E-state index contributed by atoms with van der Waals surface area (Å²) >= 11 is 0. The average molecular weight is 279 g/mol. The number of carbonyl (C=O) groups excluding carboxylic acids is 1. The molecule has 1 saturated heterocycles. The molecule has 0 aromatic heterocycles. The molecule has 0 amide bonds. The molecule has 1 atom stereocenters. The van der Waals surface area contributed by atoms with E-state index in [9.17, 15) is 4.79 Å². The Morgan fingerprint density at radius 2 is 1.80 bits per heavy atom. The fraction of sp³-hybridized carbons (Fsp3) is 0.941. The number of ether oxygens (including phenoxy) is 1. The number of ketones is 1. The van der Waals surface area contributed by atoms with Gasteiger partial charge in [-0.1, -0.05) is 32.1 Å². The highest BCUT2D eigenvalue weighted by molar-refractivity contribution is 5.83. The molecule has 2 saturated carbocycles. The molecule has 1 aliphatic heterocycles. The first-order valence-electron chi connectivity index (χ1n) is 8.68. The second-order valence-electron chi connectivity index (χ2n) is 7.11. The molecule has 0 bridgehead atoms. The smallest absolute Gasteiger partial charge is 0.149 e. The van der Waals surface area contributed by atoms with E-state index in [2.05, 4.69) is 5.32 Å². The summed E-state index contributed by atoms with van der Waals surface area (Å²) in [6.07, 6.45) is 13.3. The first kappa shape index (κ1) is 14.5. The van der Waals surface area contributed by atoms with Crippen molar-refractivity contribution in [1.82, 2.24) is 5.32 Å². The van der Waals surface area contributed by atoms with Gasteiger partial charge in [-0.05, 0) is 38.5 Å². The molecule has 1 spiro atoms. The normalized spacial score (nSPS) is 30.7. The Morgan fingerprint density at radius 3 is 2.55 bits per heavy atom. The molecule has 1 heterocycles. The molecule has 0 aromatic rings. The van der Waals surface area contributed by atoms with Gasteiger partial charge in [-0.3, -0.25) is 4.79 Å². The van der Waals surface area contributed by atoms with Gasteiger partial charge in [-0.25, -0.2) is 0 Å². The van der Waals surface area contributed by atoms with E-state index in [1.54, 1.807) is 0 Å². The molecule has 3 heteroatoms. The maximum absolute atomic E-state index is 12.5. The third-order valence-electron chi connectivity index (χ3n) is 5.63. The van der Waals surface area contributed by atoms with Crippen molar-refractivity contribution in [3.05, 3.63) is 0 Å². The van der Waals surface area contributed by atoms with Crippen LogP contribution in [0.2, 0.25) is 0 Å². The quantitative estimate of drug-likeness (QED) is 0.858. The highest BCUT2D eigenvalue weighted by Gasteiger charge is 2.40. The lowest BCUT2D eigenvalue weighted by atomic mass is 9.75. The highest BCUT2D eigenvalue weighted by atomic mass is 16.5. The van der Waals surface area contributed by atoms with Gasteiger partial charge in [-0.15, -0.1) is 0 Å². The van der Waals surface area contributed by atoms with Crippen molar-refractivity contribution >= 4 is 5.78 Å². The maximum Gasteiger partial charge on any atom is 0.149 e. The van der Waals surface area contributed by atoms with Gasteiger partial charge in [0.15, 0.2) is 0 Å². The van der Waals surface area contributed by atoms with Gasteiger partial charge >= 0.3 is 0 Å². The SMILES string of the molecule is O=C(CNC1CCCC1)C1CCOC2(CCCCC2)C1. The zero-order chi connectivity index (χ0) is 13.8. The molecule has 1 unspecified atom stereocenters. The summed E-state index contributed by atoms with van der Waals surface area (Å²) in [5, 5.41) is 3.48. The summed E-state index contributed by atoms with van der Waals surface area (Å²) in [5.74, 6) is 0.681. The van der Waals surface area contributed by atoms with Crippen LogP contribution in [0.25, 0.3) is 0 Å². The van der Waals surface area contributed by atoms with Gasteiger partial charge in [-0.2, -0.15) is 0 Å². The molecule has 2 aliphatic carbocycles. The van der Waals surface area contributed by atoms with Crippen molar-refractivity contribution in [2.45, 2.75) is 82.3 Å². The van der Waals surface area contributed by atoms with E-state index in [1.165, 1.54) is 57.8 Å². The van der Waals surface area contributed by atoms with Gasteiger partial charge in [0.2, 0.25) is 0 Å². The standard InChI is InChI=1S/C17H29NO2/c19-16(13-18-15-6-2-3-7-15)14-8-11-20-17(12-14)9-4-1-5-10-17/h14-15,18H,1-13H2. The Bertz CT molecular complexity index is 324. The molecule has 3 fully saturated rings. The summed E-state index contributed by atoms with van der Waals surface area (Å²) < 4.78 is 6.09. The largest absolute Gasteiger partial charge is 0.375 e. The van der Waals surface area contributed by atoms with Crippen LogP contribution in [0.1, 0.15) is 70.6 Å². The minimum atomic E-state index is 0.0597. The maximum atomic E-state index is 12.5. The summed E-state index contributed by atoms with van der Waals surface area (Å²) in [6, 6.07) is 0.599. The number of carbonyl (C=O) groups is 1. The lowest BCUT2D eigenvalue weighted by molar-refractivity contribution is -0.142. The molecule has 1 N–H and O–H groups in total. The summed E-state index contributed by atoms with van der Waals surface area (Å²) in [4.78, 5) is 12.5. The summed E-state index contributed by atoms with van der Waals surface area (Å²) in [7, 11) is 0. The molecular weight excluding hydrogens is 250 g/mol. The van der Waals surface area contributed by atoms with Crippen LogP contribution in [0.15, 0.2) is 0 Å². The zero-order valence-electron chi connectivity index (χ0n) is 12.7. The second-order valence-corrected chi connectivity index (χ2v) is 7.11. The lowest BCUT2D eigenvalue weighted by Crippen LogP contribution is -2.45. The highest BCUT2D eigenvalue weighted by Crippen LogP contribution is 2.40. The van der Waals surface area contributed by atoms with Crippen LogP contribution in [0, 0.1) is 5.92 Å². The van der Waals surface area contributed by atoms with Crippen molar-refractivity contribution in [1.29, 1.82) is 0 Å². The monoisotopic (exact) mass is 279 g/mol. The Kier molecular flexibility index (Phi) is 4.77. The van der Waals surface area contributed by atoms with Crippen molar-refractivity contribution in [3.8, 4) is 0 Å². The van der Waals surface area contributed by atoms with Crippen LogP contribution in [0.5, 0.6) is 0 Å². The predicted molar refractivity (Wildman–Crippen MR) is 79.8 cm³/mol. The Morgan fingerprint density at radius 1 is 1.05 bits per heavy atom. The number of rotatable bonds is 4. The minimum absolute atomic E-state index is 0.0597. The Hall–Kier alpha value is -0.410. The molecule has 114 valence electrons. The van der Waals surface area contributed by atoms with E-state index >= 15 is 0 Å². The molecule has 20 heavy (non-hydrogen) atoms. The number of hydrogen-bond donors (Lipinski definition) is 1. The molecule has 3 rings (SSSR count). The lowest BCUT2D eigenvalue weighted by Gasteiger charge is -2.43. The van der Waals surface area contributed by atoms with Gasteiger partial charge in [0, 0.05) is 18.6 Å². The van der Waals surface area contributed by atoms with Crippen LogP contribution >= 0.6 is 0 Å². The van der Waals surface area contributed by atoms with E-state index < -0.39 is 0 Å². The third-order valence-corrected chi connectivity index (χ3v) is 5.63. The molecular formula is C17H29NO2. The number of Topliss-reactive ketones (excluding diaryl/α,β-unsaturated/α-hetero) is 1. The topological polar surface area (TPSA) is 38.3 Å². The van der Waals surface area contributed by atoms with Crippen molar-refractivity contribution in [3.63, 3.8) is 0 Å². The van der Waals surface area contributed by atoms with Gasteiger partial charge < -0.3 is 10.1 Å². The van der Waals surface area contributed by atoms with Gasteiger partial charge in [0.1, 0.15) is 5.78 Å². The Labute approximate surface area is 122 Å². The number of hydrogen-bond acceptors (Lipinski definition) is 3. The van der Waals surface area contributed by atoms with Crippen LogP contribution in [0.3, 0.4) is 0 Å². The van der Waals surface area contributed by atoms with E-state index in [0.29, 0.717) is 18.4 Å². The third kappa shape index (κ3) is 3.43. The fourth-order valence-corrected chi connectivity index (χ4v) is 4.37. The summed E-state index contributed by atoms with van der Waals surface area (Å²) in [5.41, 5.74) is 0.0597. The van der Waals surface area contributed by atoms with Crippen LogP contribution in [-0.4, -0.2) is 30.6 Å². The van der Waals surface area contributed by atoms with Crippen molar-refractivity contribution in [2.75, 3.05) is 13.2 Å². The van der Waals surface area contributed by atoms with E-state index in [4.69, 9.17) is 4.74 Å². The predicted octanol–water partition coefficient (Wildman–Crippen LogP) is 3.22. The second kappa shape index (κ2) is 6.57. The fourth-order valence-electron chi connectivity index (χ4n) is 4.37. The average Bonchev–Trinajstić information content (AvgIpc) is 2.99. The molecule has 3 aliphatic rings. The van der Waals surface area contributed by atoms with Crippen molar-refractivity contribution in [2.24, 2.45) is 5.92 Å². The van der Waals surface area contributed by atoms with E-state index in [-0.39, 0.29) is 11.5 Å². The molecule has 0 radical (unpaired) electrons. The first-order chi connectivity index (χ1) is 9.77. The van der Waals surface area contributed by atoms with E-state index in [0.717, 1.165) is 19.4 Å². The summed E-state index contributed by atoms with van der Waals surface area (Å²) in [6.45, 7) is 1.38. The first-order valence-corrected chi connectivity index (χ1v) is 8.68. The van der Waals surface area contributed by atoms with Crippen LogP contribution in [-0.2, 0) is 9.53 Å². The molecule has 3 nitrogen and oxygen atoms in total. The number of nitrogens with one attached hydrogen (secondary N) is 1. The Balaban J connectivity index is 1.49. The zero-order valence-corrected chi connectivity index (χ0v) is 12.7. The van der Waals surface area contributed by atoms with Gasteiger partial charge in [0.25, 0.3) is 0 Å². The van der Waals surface area contributed by atoms with E-state index in [1.807, 2.05) is 0 Å². The minimum Gasteiger partial charge on any atom is -0.375 e. The van der Waals surface area contributed by atoms with Crippen LogP contribution in [0.4, 0.5) is 0 Å². The van der Waals surface area contributed by atoms with Crippen molar-refractivity contribution < 1.29 is 9.53 Å². The molecule has 0 aromatic carbocycles. The van der Waals surface area contributed by atoms with Gasteiger partial charge in [0.05, 0.1) is 12.1 Å². The van der Waals surface area contributed by atoms with Crippen LogP contribution < -0.4 is 5.32 Å².